The van der Waals surface area contributed by atoms with Gasteiger partial charge in [0.05, 0.1) is 0 Å². The van der Waals surface area contributed by atoms with E-state index in [1.807, 2.05) is 6.20 Å². The van der Waals surface area contributed by atoms with Gasteiger partial charge in [-0.2, -0.15) is 0 Å². The predicted molar refractivity (Wildman–Crippen MR) is 73.5 cm³/mol. The first-order valence-electron chi connectivity index (χ1n) is 6.38. The van der Waals surface area contributed by atoms with Crippen LogP contribution in [-0.2, 0) is 6.54 Å². The molecule has 1 aliphatic heterocycles. The third kappa shape index (κ3) is 2.97. The monoisotopic (exact) mass is 254 g/mol. The van der Waals surface area contributed by atoms with Gasteiger partial charge in [-0.15, -0.1) is 11.3 Å². The van der Waals surface area contributed by atoms with Crippen molar-refractivity contribution < 1.29 is 0 Å². The molecule has 96 valence electrons. The molecule has 1 aromatic rings. The Morgan fingerprint density at radius 3 is 2.65 bits per heavy atom. The van der Waals surface area contributed by atoms with Crippen molar-refractivity contribution in [3.05, 3.63) is 11.1 Å². The first-order valence-corrected chi connectivity index (χ1v) is 7.20. The van der Waals surface area contributed by atoms with Gasteiger partial charge in [0.1, 0.15) is 0 Å². The number of anilines is 1. The molecule has 1 fully saturated rings. The molecule has 1 aromatic heterocycles. The lowest BCUT2D eigenvalue weighted by Crippen LogP contribution is -2.49. The van der Waals surface area contributed by atoms with Gasteiger partial charge < -0.3 is 10.6 Å². The molecule has 1 aliphatic rings. The number of thiazole rings is 1. The van der Waals surface area contributed by atoms with E-state index >= 15 is 0 Å². The van der Waals surface area contributed by atoms with Gasteiger partial charge in [-0.25, -0.2) is 4.98 Å². The molecule has 17 heavy (non-hydrogen) atoms. The summed E-state index contributed by atoms with van der Waals surface area (Å²) in [5.74, 6) is 0. The SMILES string of the molecule is CCC(C)N1CCN(c2ncc(CN)s2)CC1. The summed E-state index contributed by atoms with van der Waals surface area (Å²) in [5, 5.41) is 1.13. The highest BCUT2D eigenvalue weighted by molar-refractivity contribution is 7.15. The largest absolute Gasteiger partial charge is 0.346 e. The van der Waals surface area contributed by atoms with E-state index in [0.717, 1.165) is 31.3 Å². The molecule has 2 heterocycles. The van der Waals surface area contributed by atoms with E-state index in [0.29, 0.717) is 12.6 Å². The molecular formula is C12H22N4S. The Labute approximate surface area is 107 Å². The topological polar surface area (TPSA) is 45.4 Å². The zero-order valence-electron chi connectivity index (χ0n) is 10.7. The summed E-state index contributed by atoms with van der Waals surface area (Å²) in [5.41, 5.74) is 5.62. The van der Waals surface area contributed by atoms with Crippen LogP contribution in [0.1, 0.15) is 25.1 Å². The van der Waals surface area contributed by atoms with Crippen LogP contribution in [0.2, 0.25) is 0 Å². The number of aromatic nitrogens is 1. The Morgan fingerprint density at radius 2 is 2.12 bits per heavy atom. The normalized spacial score (nSPS) is 19.6. The number of piperazine rings is 1. The Hall–Kier alpha value is -0.650. The number of nitrogens with zero attached hydrogens (tertiary/aromatic N) is 3. The minimum atomic E-state index is 0.602. The number of hydrogen-bond donors (Lipinski definition) is 1. The van der Waals surface area contributed by atoms with E-state index in [2.05, 4.69) is 28.6 Å². The third-order valence-corrected chi connectivity index (χ3v) is 4.62. The highest BCUT2D eigenvalue weighted by Gasteiger charge is 2.21. The smallest absolute Gasteiger partial charge is 0.185 e. The van der Waals surface area contributed by atoms with E-state index < -0.39 is 0 Å². The fourth-order valence-corrected chi connectivity index (χ4v) is 2.99. The maximum absolute atomic E-state index is 5.62. The second-order valence-corrected chi connectivity index (χ2v) is 5.69. The van der Waals surface area contributed by atoms with E-state index in [-0.39, 0.29) is 0 Å². The third-order valence-electron chi connectivity index (χ3n) is 3.54. The summed E-state index contributed by atoms with van der Waals surface area (Å²) in [4.78, 5) is 10.6. The molecular weight excluding hydrogens is 232 g/mol. The minimum absolute atomic E-state index is 0.602. The van der Waals surface area contributed by atoms with Crippen LogP contribution < -0.4 is 10.6 Å². The van der Waals surface area contributed by atoms with Gasteiger partial charge >= 0.3 is 0 Å². The van der Waals surface area contributed by atoms with Crippen LogP contribution in [0.3, 0.4) is 0 Å². The summed E-state index contributed by atoms with van der Waals surface area (Å²) < 4.78 is 0. The molecule has 0 amide bonds. The average molecular weight is 254 g/mol. The molecule has 2 rings (SSSR count). The summed E-state index contributed by atoms with van der Waals surface area (Å²) in [6.45, 7) is 9.63. The van der Waals surface area contributed by atoms with Crippen molar-refractivity contribution in [1.29, 1.82) is 0 Å². The maximum atomic E-state index is 5.62. The molecule has 5 heteroatoms. The Balaban J connectivity index is 1.90. The van der Waals surface area contributed by atoms with Crippen LogP contribution in [0.5, 0.6) is 0 Å². The molecule has 1 saturated heterocycles. The zero-order valence-corrected chi connectivity index (χ0v) is 11.5. The second-order valence-electron chi connectivity index (χ2n) is 4.59. The maximum Gasteiger partial charge on any atom is 0.185 e. The van der Waals surface area contributed by atoms with Crippen LogP contribution in [0.4, 0.5) is 5.13 Å². The summed E-state index contributed by atoms with van der Waals surface area (Å²) in [6.07, 6.45) is 3.13. The van der Waals surface area contributed by atoms with Gasteiger partial charge in [0.2, 0.25) is 0 Å². The zero-order chi connectivity index (χ0) is 12.3. The molecule has 0 spiro atoms. The molecule has 2 N–H and O–H groups in total. The first-order chi connectivity index (χ1) is 8.24. The molecule has 0 aliphatic carbocycles. The minimum Gasteiger partial charge on any atom is -0.346 e. The fraction of sp³-hybridized carbons (Fsp3) is 0.750. The first kappa shape index (κ1) is 12.8. The highest BCUT2D eigenvalue weighted by atomic mass is 32.1. The van der Waals surface area contributed by atoms with E-state index in [9.17, 15) is 0 Å². The van der Waals surface area contributed by atoms with Crippen molar-refractivity contribution >= 4 is 16.5 Å². The van der Waals surface area contributed by atoms with Crippen molar-refractivity contribution in [2.75, 3.05) is 31.1 Å². The van der Waals surface area contributed by atoms with Crippen molar-refractivity contribution in [2.24, 2.45) is 5.73 Å². The molecule has 0 saturated carbocycles. The van der Waals surface area contributed by atoms with Gasteiger partial charge in [-0.3, -0.25) is 4.90 Å². The van der Waals surface area contributed by atoms with Crippen molar-refractivity contribution in [2.45, 2.75) is 32.9 Å². The van der Waals surface area contributed by atoms with Crippen molar-refractivity contribution in [3.8, 4) is 0 Å². The van der Waals surface area contributed by atoms with Crippen molar-refractivity contribution in [1.82, 2.24) is 9.88 Å². The molecule has 0 radical (unpaired) electrons. The summed E-state index contributed by atoms with van der Waals surface area (Å²) >= 11 is 1.73. The Kier molecular flexibility index (Phi) is 4.36. The molecule has 1 unspecified atom stereocenters. The fourth-order valence-electron chi connectivity index (χ4n) is 2.15. The lowest BCUT2D eigenvalue weighted by atomic mass is 10.2. The van der Waals surface area contributed by atoms with E-state index in [4.69, 9.17) is 5.73 Å². The van der Waals surface area contributed by atoms with E-state index in [1.165, 1.54) is 11.3 Å². The van der Waals surface area contributed by atoms with Crippen LogP contribution in [0, 0.1) is 0 Å². The molecule has 0 aromatic carbocycles. The molecule has 0 bridgehead atoms. The van der Waals surface area contributed by atoms with Gasteiger partial charge in [0.25, 0.3) is 0 Å². The summed E-state index contributed by atoms with van der Waals surface area (Å²) in [6, 6.07) is 0.702. The van der Waals surface area contributed by atoms with Crippen LogP contribution in [-0.4, -0.2) is 42.1 Å². The van der Waals surface area contributed by atoms with Gasteiger partial charge in [-0.05, 0) is 13.3 Å². The van der Waals surface area contributed by atoms with Crippen LogP contribution >= 0.6 is 11.3 Å². The van der Waals surface area contributed by atoms with E-state index in [1.54, 1.807) is 11.3 Å². The number of nitrogens with two attached hydrogens (primary N) is 1. The Bertz CT molecular complexity index is 344. The summed E-state index contributed by atoms with van der Waals surface area (Å²) in [7, 11) is 0. The Morgan fingerprint density at radius 1 is 1.41 bits per heavy atom. The lowest BCUT2D eigenvalue weighted by molar-refractivity contribution is 0.193. The second kappa shape index (κ2) is 5.80. The average Bonchev–Trinajstić information content (AvgIpc) is 2.87. The van der Waals surface area contributed by atoms with Crippen LogP contribution in [0.15, 0.2) is 6.20 Å². The van der Waals surface area contributed by atoms with Gasteiger partial charge in [0, 0.05) is 49.8 Å². The van der Waals surface area contributed by atoms with Gasteiger partial charge in [-0.1, -0.05) is 6.92 Å². The molecule has 1 atom stereocenters. The van der Waals surface area contributed by atoms with Crippen molar-refractivity contribution in [3.63, 3.8) is 0 Å². The van der Waals surface area contributed by atoms with Crippen LogP contribution in [0.25, 0.3) is 0 Å². The highest BCUT2D eigenvalue weighted by Crippen LogP contribution is 2.23. The number of hydrogen-bond acceptors (Lipinski definition) is 5. The quantitative estimate of drug-likeness (QED) is 0.885. The molecule has 4 nitrogen and oxygen atoms in total. The lowest BCUT2D eigenvalue weighted by Gasteiger charge is -2.37. The number of rotatable bonds is 4. The van der Waals surface area contributed by atoms with Gasteiger partial charge in [0.15, 0.2) is 5.13 Å². The predicted octanol–water partition coefficient (Wildman–Crippen LogP) is 1.52. The standard InChI is InChI=1S/C12H22N4S/c1-3-10(2)15-4-6-16(7-5-15)12-14-9-11(8-13)17-12/h9-10H,3-8,13H2,1-2H3.